The van der Waals surface area contributed by atoms with Crippen LogP contribution in [0.2, 0.25) is 10.0 Å². The summed E-state index contributed by atoms with van der Waals surface area (Å²) in [6, 6.07) is 29.0. The van der Waals surface area contributed by atoms with Crippen LogP contribution in [0.25, 0.3) is 33.3 Å². The van der Waals surface area contributed by atoms with Gasteiger partial charge in [0, 0.05) is 43.3 Å². The van der Waals surface area contributed by atoms with Crippen molar-refractivity contribution >= 4 is 57.5 Å². The van der Waals surface area contributed by atoms with Crippen LogP contribution in [0.4, 0.5) is 5.69 Å². The van der Waals surface area contributed by atoms with Crippen molar-refractivity contribution in [2.45, 2.75) is 4.90 Å². The fourth-order valence-corrected chi connectivity index (χ4v) is 4.73. The molecule has 1 heterocycles. The minimum absolute atomic E-state index is 0.192. The van der Waals surface area contributed by atoms with Gasteiger partial charge in [-0.05, 0) is 78.0 Å². The lowest BCUT2D eigenvalue weighted by molar-refractivity contribution is 0.102. The van der Waals surface area contributed by atoms with Gasteiger partial charge in [0.25, 0.3) is 5.91 Å². The van der Waals surface area contributed by atoms with E-state index in [1.165, 1.54) is 0 Å². The predicted molar refractivity (Wildman–Crippen MR) is 145 cm³/mol. The highest BCUT2D eigenvalue weighted by atomic mass is 35.5. The molecule has 0 atom stereocenters. The largest absolute Gasteiger partial charge is 0.354 e. The fraction of sp³-hybridized carbons (Fsp3) is 0.0357. The van der Waals surface area contributed by atoms with Crippen molar-refractivity contribution in [1.82, 2.24) is 4.98 Å². The van der Waals surface area contributed by atoms with Gasteiger partial charge in [0.15, 0.2) is 0 Å². The van der Waals surface area contributed by atoms with Gasteiger partial charge in [-0.2, -0.15) is 0 Å². The lowest BCUT2D eigenvalue weighted by Crippen LogP contribution is -2.13. The summed E-state index contributed by atoms with van der Waals surface area (Å²) in [6.45, 7) is 0. The van der Waals surface area contributed by atoms with Crippen molar-refractivity contribution in [1.29, 1.82) is 0 Å². The second-order valence-corrected chi connectivity index (χ2v) is 9.56. The maximum Gasteiger partial charge on any atom is 0.256 e. The molecule has 0 fully saturated rings. The van der Waals surface area contributed by atoms with Crippen molar-refractivity contribution in [2.75, 3.05) is 11.6 Å². The number of nitrogens with one attached hydrogen (secondary N) is 2. The highest BCUT2D eigenvalue weighted by Crippen LogP contribution is 2.34. The van der Waals surface area contributed by atoms with Gasteiger partial charge in [0.2, 0.25) is 0 Å². The Morgan fingerprint density at radius 2 is 1.65 bits per heavy atom. The normalized spacial score (nSPS) is 11.0. The van der Waals surface area contributed by atoms with Crippen molar-refractivity contribution in [3.8, 4) is 22.4 Å². The van der Waals surface area contributed by atoms with Crippen LogP contribution < -0.4 is 5.32 Å². The third-order valence-electron chi connectivity index (χ3n) is 5.67. The number of hydrogen-bond donors (Lipinski definition) is 2. The molecule has 1 aromatic heterocycles. The number of rotatable bonds is 5. The number of H-pyrrole nitrogens is 1. The molecule has 0 radical (unpaired) electrons. The average molecular weight is 503 g/mol. The van der Waals surface area contributed by atoms with Gasteiger partial charge in [-0.3, -0.25) is 4.79 Å². The van der Waals surface area contributed by atoms with Gasteiger partial charge < -0.3 is 10.3 Å². The number of aromatic nitrogens is 1. The number of carbonyl (C=O) groups is 1. The molecule has 3 nitrogen and oxygen atoms in total. The zero-order valence-corrected chi connectivity index (χ0v) is 20.6. The number of hydrogen-bond acceptors (Lipinski definition) is 2. The second kappa shape index (κ2) is 9.59. The van der Waals surface area contributed by atoms with Crippen LogP contribution in [0, 0.1) is 0 Å². The summed E-state index contributed by atoms with van der Waals surface area (Å²) >= 11 is 14.2. The van der Waals surface area contributed by atoms with Crippen molar-refractivity contribution < 1.29 is 4.79 Å². The first-order valence-electron chi connectivity index (χ1n) is 10.6. The van der Waals surface area contributed by atoms with E-state index < -0.39 is 0 Å². The molecule has 1 amide bonds. The molecule has 4 aromatic carbocycles. The quantitative estimate of drug-likeness (QED) is 0.236. The number of aromatic amines is 1. The Labute approximate surface area is 212 Å². The SMILES string of the molecule is CSc1ccc(C(=O)Nc2ccc(Cl)c(-c3cc4ccccc4[nH]3)c2)c(-c2ccc(Cl)cc2)c1. The van der Waals surface area contributed by atoms with E-state index in [1.807, 2.05) is 85.1 Å². The Hall–Kier alpha value is -3.18. The smallest absolute Gasteiger partial charge is 0.256 e. The van der Waals surface area contributed by atoms with Crippen LogP contribution in [0.3, 0.4) is 0 Å². The summed E-state index contributed by atoms with van der Waals surface area (Å²) in [5.74, 6) is -0.192. The lowest BCUT2D eigenvalue weighted by atomic mass is 9.99. The van der Waals surface area contributed by atoms with Crippen molar-refractivity contribution in [3.05, 3.63) is 107 Å². The van der Waals surface area contributed by atoms with Crippen molar-refractivity contribution in [3.63, 3.8) is 0 Å². The van der Waals surface area contributed by atoms with Gasteiger partial charge in [0.05, 0.1) is 5.02 Å². The lowest BCUT2D eigenvalue weighted by Gasteiger charge is -2.13. The van der Waals surface area contributed by atoms with Crippen LogP contribution in [-0.2, 0) is 0 Å². The molecular weight excluding hydrogens is 483 g/mol. The van der Waals surface area contributed by atoms with Gasteiger partial charge >= 0.3 is 0 Å². The molecule has 0 spiro atoms. The molecule has 2 N–H and O–H groups in total. The Morgan fingerprint density at radius 1 is 0.853 bits per heavy atom. The van der Waals surface area contributed by atoms with Gasteiger partial charge in [-0.15, -0.1) is 11.8 Å². The average Bonchev–Trinajstić information content (AvgIpc) is 3.29. The first-order valence-corrected chi connectivity index (χ1v) is 12.6. The van der Waals surface area contributed by atoms with E-state index in [0.29, 0.717) is 21.3 Å². The Morgan fingerprint density at radius 3 is 2.41 bits per heavy atom. The maximum atomic E-state index is 13.4. The van der Waals surface area contributed by atoms with E-state index in [2.05, 4.69) is 16.4 Å². The van der Waals surface area contributed by atoms with Crippen LogP contribution in [0.5, 0.6) is 0 Å². The van der Waals surface area contributed by atoms with E-state index >= 15 is 0 Å². The first-order chi connectivity index (χ1) is 16.5. The monoisotopic (exact) mass is 502 g/mol. The third-order valence-corrected chi connectivity index (χ3v) is 6.98. The van der Waals surface area contributed by atoms with Crippen LogP contribution >= 0.6 is 35.0 Å². The standard InChI is InChI=1S/C28H20Cl2N2OS/c1-34-21-11-12-22(23(16-21)17-6-8-19(29)9-7-17)28(33)31-20-10-13-25(30)24(15-20)27-14-18-4-2-3-5-26(18)32-27/h2-16,32H,1H3,(H,31,33). The van der Waals surface area contributed by atoms with Gasteiger partial charge in [-0.25, -0.2) is 0 Å². The van der Waals surface area contributed by atoms with Gasteiger partial charge in [0.1, 0.15) is 0 Å². The summed E-state index contributed by atoms with van der Waals surface area (Å²) in [5, 5.41) is 5.41. The summed E-state index contributed by atoms with van der Waals surface area (Å²) in [6.07, 6.45) is 2.01. The third kappa shape index (κ3) is 4.58. The highest BCUT2D eigenvalue weighted by Gasteiger charge is 2.16. The summed E-state index contributed by atoms with van der Waals surface area (Å²) in [7, 11) is 0. The summed E-state index contributed by atoms with van der Waals surface area (Å²) in [4.78, 5) is 17.8. The molecule has 0 unspecified atom stereocenters. The van der Waals surface area contributed by atoms with Gasteiger partial charge in [-0.1, -0.05) is 53.5 Å². The minimum Gasteiger partial charge on any atom is -0.354 e. The number of anilines is 1. The zero-order valence-electron chi connectivity index (χ0n) is 18.2. The molecule has 0 bridgehead atoms. The number of amides is 1. The second-order valence-electron chi connectivity index (χ2n) is 7.84. The fourth-order valence-electron chi connectivity index (χ4n) is 3.94. The molecule has 0 aliphatic carbocycles. The summed E-state index contributed by atoms with van der Waals surface area (Å²) < 4.78 is 0. The number of carbonyl (C=O) groups excluding carboxylic acids is 1. The predicted octanol–water partition coefficient (Wildman–Crippen LogP) is 8.78. The number of thioether (sulfide) groups is 1. The molecule has 0 saturated carbocycles. The minimum atomic E-state index is -0.192. The van der Waals surface area contributed by atoms with E-state index in [-0.39, 0.29) is 5.91 Å². The first kappa shape index (κ1) is 22.6. The molecule has 0 saturated heterocycles. The highest BCUT2D eigenvalue weighted by molar-refractivity contribution is 7.98. The number of para-hydroxylation sites is 1. The number of fused-ring (bicyclic) bond motifs is 1. The van der Waals surface area contributed by atoms with Crippen LogP contribution in [0.15, 0.2) is 95.9 Å². The van der Waals surface area contributed by atoms with Crippen LogP contribution in [0.1, 0.15) is 10.4 Å². The van der Waals surface area contributed by atoms with E-state index in [9.17, 15) is 4.79 Å². The topological polar surface area (TPSA) is 44.9 Å². The zero-order chi connectivity index (χ0) is 23.7. The molecule has 0 aliphatic heterocycles. The maximum absolute atomic E-state index is 13.4. The molecule has 5 rings (SSSR count). The Balaban J connectivity index is 1.49. The van der Waals surface area contributed by atoms with E-state index in [1.54, 1.807) is 17.8 Å². The molecule has 34 heavy (non-hydrogen) atoms. The number of halogens is 2. The Bertz CT molecular complexity index is 1480. The van der Waals surface area contributed by atoms with Crippen molar-refractivity contribution in [2.24, 2.45) is 0 Å². The molecule has 5 aromatic rings. The van der Waals surface area contributed by atoms with E-state index in [4.69, 9.17) is 23.2 Å². The Kier molecular flexibility index (Phi) is 6.38. The molecule has 168 valence electrons. The molecule has 0 aliphatic rings. The molecule has 6 heteroatoms. The van der Waals surface area contributed by atoms with E-state index in [0.717, 1.165) is 38.2 Å². The van der Waals surface area contributed by atoms with Crippen LogP contribution in [-0.4, -0.2) is 17.1 Å². The number of benzene rings is 4. The summed E-state index contributed by atoms with van der Waals surface area (Å²) in [5.41, 5.74) is 5.79. The molecular formula is C28H20Cl2N2OS.